The van der Waals surface area contributed by atoms with Crippen LogP contribution in [0.5, 0.6) is 0 Å². The van der Waals surface area contributed by atoms with Gasteiger partial charge in [-0.2, -0.15) is 5.10 Å². The van der Waals surface area contributed by atoms with Gasteiger partial charge in [0.2, 0.25) is 0 Å². The van der Waals surface area contributed by atoms with Gasteiger partial charge in [-0.3, -0.25) is 4.68 Å². The van der Waals surface area contributed by atoms with Crippen LogP contribution in [-0.4, -0.2) is 21.3 Å². The van der Waals surface area contributed by atoms with Gasteiger partial charge in [-0.05, 0) is 18.4 Å². The highest BCUT2D eigenvalue weighted by Crippen LogP contribution is 2.16. The van der Waals surface area contributed by atoms with E-state index in [2.05, 4.69) is 36.2 Å². The molecule has 80 valence electrons. The van der Waals surface area contributed by atoms with Gasteiger partial charge < -0.3 is 5.32 Å². The largest absolute Gasteiger partial charge is 0.310 e. The Hall–Kier alpha value is -0.900. The molecule has 0 atom stereocenters. The van der Waals surface area contributed by atoms with Crippen molar-refractivity contribution < 1.29 is 0 Å². The minimum atomic E-state index is 0.396. The molecule has 0 aromatic carbocycles. The van der Waals surface area contributed by atoms with Crippen molar-refractivity contribution in [3.8, 4) is 0 Å². The quantitative estimate of drug-likeness (QED) is 0.739. The first-order chi connectivity index (χ1) is 6.49. The molecule has 0 saturated heterocycles. The summed E-state index contributed by atoms with van der Waals surface area (Å²) in [5.74, 6) is 0.985. The maximum Gasteiger partial charge on any atom is 0.140 e. The van der Waals surface area contributed by atoms with E-state index in [1.165, 1.54) is 6.42 Å². The maximum absolute atomic E-state index is 4.14. The second kappa shape index (κ2) is 4.55. The van der Waals surface area contributed by atoms with Crippen LogP contribution in [0.4, 0.5) is 0 Å². The van der Waals surface area contributed by atoms with Gasteiger partial charge in [-0.15, -0.1) is 0 Å². The minimum absolute atomic E-state index is 0.396. The zero-order valence-electron chi connectivity index (χ0n) is 9.54. The van der Waals surface area contributed by atoms with Gasteiger partial charge in [-0.1, -0.05) is 20.8 Å². The van der Waals surface area contributed by atoms with Crippen molar-refractivity contribution >= 4 is 0 Å². The first-order valence-corrected chi connectivity index (χ1v) is 5.03. The zero-order chi connectivity index (χ0) is 10.6. The minimum Gasteiger partial charge on any atom is -0.310 e. The van der Waals surface area contributed by atoms with E-state index < -0.39 is 0 Å². The van der Waals surface area contributed by atoms with Crippen molar-refractivity contribution in [2.75, 3.05) is 6.54 Å². The fourth-order valence-electron chi connectivity index (χ4n) is 1.14. The van der Waals surface area contributed by atoms with Gasteiger partial charge in [0.15, 0.2) is 0 Å². The Morgan fingerprint density at radius 1 is 1.43 bits per heavy atom. The molecule has 1 heterocycles. The van der Waals surface area contributed by atoms with E-state index in [1.807, 2.05) is 7.05 Å². The van der Waals surface area contributed by atoms with Gasteiger partial charge in [0.1, 0.15) is 12.2 Å². The summed E-state index contributed by atoms with van der Waals surface area (Å²) < 4.78 is 1.80. The Bertz CT molecular complexity index is 272. The summed E-state index contributed by atoms with van der Waals surface area (Å²) in [5.41, 5.74) is 0.396. The van der Waals surface area contributed by atoms with Crippen molar-refractivity contribution in [3.05, 3.63) is 12.2 Å². The van der Waals surface area contributed by atoms with Gasteiger partial charge in [0, 0.05) is 7.05 Å². The Labute approximate surface area is 85.7 Å². The van der Waals surface area contributed by atoms with E-state index in [0.717, 1.165) is 18.9 Å². The summed E-state index contributed by atoms with van der Waals surface area (Å²) in [6.07, 6.45) is 2.76. The lowest BCUT2D eigenvalue weighted by atomic mass is 9.92. The van der Waals surface area contributed by atoms with Gasteiger partial charge in [0.25, 0.3) is 0 Å². The molecule has 4 nitrogen and oxygen atoms in total. The third-order valence-electron chi connectivity index (χ3n) is 2.14. The monoisotopic (exact) mass is 196 g/mol. The van der Waals surface area contributed by atoms with Gasteiger partial charge in [0.05, 0.1) is 6.54 Å². The van der Waals surface area contributed by atoms with Crippen LogP contribution in [0.15, 0.2) is 6.33 Å². The number of rotatable bonds is 4. The molecule has 0 aliphatic heterocycles. The number of nitrogens with zero attached hydrogens (tertiary/aromatic N) is 3. The van der Waals surface area contributed by atoms with E-state index in [1.54, 1.807) is 11.0 Å². The molecular formula is C10H20N4. The molecule has 0 radical (unpaired) electrons. The summed E-state index contributed by atoms with van der Waals surface area (Å²) in [6.45, 7) is 8.56. The van der Waals surface area contributed by atoms with E-state index >= 15 is 0 Å². The highest BCUT2D eigenvalue weighted by atomic mass is 15.3. The van der Waals surface area contributed by atoms with E-state index in [4.69, 9.17) is 0 Å². The van der Waals surface area contributed by atoms with E-state index in [0.29, 0.717) is 5.41 Å². The molecule has 0 aliphatic carbocycles. The molecule has 14 heavy (non-hydrogen) atoms. The molecule has 1 aromatic rings. The number of hydrogen-bond acceptors (Lipinski definition) is 3. The Morgan fingerprint density at radius 3 is 2.64 bits per heavy atom. The molecule has 0 fully saturated rings. The van der Waals surface area contributed by atoms with Crippen molar-refractivity contribution in [2.45, 2.75) is 33.7 Å². The van der Waals surface area contributed by atoms with Crippen LogP contribution in [0, 0.1) is 5.41 Å². The molecule has 4 heteroatoms. The van der Waals surface area contributed by atoms with E-state index in [-0.39, 0.29) is 0 Å². The predicted octanol–water partition coefficient (Wildman–Crippen LogP) is 1.34. The normalized spacial score (nSPS) is 12.0. The van der Waals surface area contributed by atoms with Crippen molar-refractivity contribution in [3.63, 3.8) is 0 Å². The summed E-state index contributed by atoms with van der Waals surface area (Å²) in [7, 11) is 1.91. The zero-order valence-corrected chi connectivity index (χ0v) is 9.54. The first-order valence-electron chi connectivity index (χ1n) is 5.03. The average Bonchev–Trinajstić information content (AvgIpc) is 2.44. The van der Waals surface area contributed by atoms with Crippen molar-refractivity contribution in [1.29, 1.82) is 0 Å². The molecular weight excluding hydrogens is 176 g/mol. The molecule has 0 amide bonds. The van der Waals surface area contributed by atoms with Crippen molar-refractivity contribution in [1.82, 2.24) is 20.1 Å². The molecule has 0 bridgehead atoms. The lowest BCUT2D eigenvalue weighted by molar-refractivity contribution is 0.365. The van der Waals surface area contributed by atoms with Crippen LogP contribution in [0.2, 0.25) is 0 Å². The molecule has 0 saturated carbocycles. The summed E-state index contributed by atoms with van der Waals surface area (Å²) in [5, 5.41) is 7.37. The van der Waals surface area contributed by atoms with E-state index in [9.17, 15) is 0 Å². The number of aromatic nitrogens is 3. The first kappa shape index (κ1) is 11.2. The van der Waals surface area contributed by atoms with Gasteiger partial charge >= 0.3 is 0 Å². The van der Waals surface area contributed by atoms with Crippen molar-refractivity contribution in [2.24, 2.45) is 12.5 Å². The van der Waals surface area contributed by atoms with Gasteiger partial charge in [-0.25, -0.2) is 4.98 Å². The molecule has 0 aliphatic rings. The molecule has 1 rings (SSSR count). The summed E-state index contributed by atoms with van der Waals surface area (Å²) >= 11 is 0. The third kappa shape index (κ3) is 3.87. The fourth-order valence-corrected chi connectivity index (χ4v) is 1.14. The van der Waals surface area contributed by atoms with Crippen LogP contribution in [0.3, 0.4) is 0 Å². The average molecular weight is 196 g/mol. The highest BCUT2D eigenvalue weighted by molar-refractivity contribution is 4.82. The van der Waals surface area contributed by atoms with Crippen LogP contribution >= 0.6 is 0 Å². The maximum atomic E-state index is 4.14. The number of aryl methyl sites for hydroxylation is 1. The smallest absolute Gasteiger partial charge is 0.140 e. The second-order valence-electron chi connectivity index (χ2n) is 4.79. The lowest BCUT2D eigenvalue weighted by Gasteiger charge is -2.17. The summed E-state index contributed by atoms with van der Waals surface area (Å²) in [6, 6.07) is 0. The van der Waals surface area contributed by atoms with Crippen LogP contribution in [0.25, 0.3) is 0 Å². The standard InChI is InChI=1S/C10H20N4/c1-10(2,3)5-6-11-7-9-12-8-13-14(9)4/h8,11H,5-7H2,1-4H3. The molecule has 0 spiro atoms. The van der Waals surface area contributed by atoms with Crippen LogP contribution in [0.1, 0.15) is 33.0 Å². The summed E-state index contributed by atoms with van der Waals surface area (Å²) in [4.78, 5) is 4.14. The third-order valence-corrected chi connectivity index (χ3v) is 2.14. The van der Waals surface area contributed by atoms with Crippen LogP contribution in [-0.2, 0) is 13.6 Å². The lowest BCUT2D eigenvalue weighted by Crippen LogP contribution is -2.21. The number of nitrogens with one attached hydrogen (secondary N) is 1. The van der Waals surface area contributed by atoms with Crippen LogP contribution < -0.4 is 5.32 Å². The Morgan fingerprint density at radius 2 is 2.14 bits per heavy atom. The molecule has 1 N–H and O–H groups in total. The predicted molar refractivity (Wildman–Crippen MR) is 56.8 cm³/mol. The second-order valence-corrected chi connectivity index (χ2v) is 4.79. The highest BCUT2D eigenvalue weighted by Gasteiger charge is 2.09. The topological polar surface area (TPSA) is 42.7 Å². The number of hydrogen-bond donors (Lipinski definition) is 1. The SMILES string of the molecule is Cn1ncnc1CNCCC(C)(C)C. The fraction of sp³-hybridized carbons (Fsp3) is 0.800. The Kier molecular flexibility index (Phi) is 3.63. The molecule has 0 unspecified atom stereocenters. The molecule has 1 aromatic heterocycles. The Balaban J connectivity index is 2.20.